The lowest BCUT2D eigenvalue weighted by Gasteiger charge is -2.14. The van der Waals surface area contributed by atoms with Gasteiger partial charge in [0.25, 0.3) is 5.56 Å². The minimum absolute atomic E-state index is 0.0372. The van der Waals surface area contributed by atoms with Crippen LogP contribution in [0.2, 0.25) is 0 Å². The number of para-hydroxylation sites is 1. The van der Waals surface area contributed by atoms with Crippen LogP contribution in [-0.4, -0.2) is 27.7 Å². The molecule has 0 amide bonds. The summed E-state index contributed by atoms with van der Waals surface area (Å²) in [6, 6.07) is 12.9. The first-order chi connectivity index (χ1) is 13.1. The van der Waals surface area contributed by atoms with Crippen molar-refractivity contribution in [1.82, 2.24) is 19.9 Å². The molecule has 7 nitrogen and oxygen atoms in total. The smallest absolute Gasteiger partial charge is 0.261 e. The summed E-state index contributed by atoms with van der Waals surface area (Å²) in [5, 5.41) is 3.96. The van der Waals surface area contributed by atoms with Gasteiger partial charge in [-0.15, -0.1) is 0 Å². The molecule has 1 atom stereocenters. The third-order valence-corrected chi connectivity index (χ3v) is 4.44. The van der Waals surface area contributed by atoms with Gasteiger partial charge in [0.2, 0.25) is 5.89 Å². The number of nitrogens with one attached hydrogen (secondary N) is 1. The average Bonchev–Trinajstić information content (AvgIpc) is 3.11. The summed E-state index contributed by atoms with van der Waals surface area (Å²) in [6.45, 7) is 2.98. The van der Waals surface area contributed by atoms with Crippen molar-refractivity contribution in [1.29, 1.82) is 0 Å². The lowest BCUT2D eigenvalue weighted by molar-refractivity contribution is 0.415. The Morgan fingerprint density at radius 3 is 2.93 bits per heavy atom. The summed E-state index contributed by atoms with van der Waals surface area (Å²) in [7, 11) is 1.62. The molecule has 4 rings (SSSR count). The van der Waals surface area contributed by atoms with E-state index in [1.54, 1.807) is 24.1 Å². The molecule has 0 saturated heterocycles. The summed E-state index contributed by atoms with van der Waals surface area (Å²) in [4.78, 5) is 21.4. The minimum atomic E-state index is -0.0387. The molecular weight excluding hydrogens is 344 g/mol. The summed E-state index contributed by atoms with van der Waals surface area (Å²) >= 11 is 0. The fraction of sp³-hybridized carbons (Fsp3) is 0.250. The monoisotopic (exact) mass is 364 g/mol. The van der Waals surface area contributed by atoms with Crippen LogP contribution in [0.25, 0.3) is 22.0 Å². The van der Waals surface area contributed by atoms with Gasteiger partial charge in [0.05, 0.1) is 30.9 Å². The molecular formula is C20H20N4O3. The van der Waals surface area contributed by atoms with Gasteiger partial charge in [-0.05, 0) is 31.2 Å². The number of hydrogen-bond acceptors (Lipinski definition) is 6. The van der Waals surface area contributed by atoms with Crippen LogP contribution in [0.15, 0.2) is 58.0 Å². The maximum absolute atomic E-state index is 12.6. The predicted octanol–water partition coefficient (Wildman–Crippen LogP) is 2.72. The maximum Gasteiger partial charge on any atom is 0.261 e. The lowest BCUT2D eigenvalue weighted by Crippen LogP contribution is -2.34. The first kappa shape index (κ1) is 17.2. The number of fused-ring (bicyclic) bond motifs is 2. The van der Waals surface area contributed by atoms with Gasteiger partial charge in [0, 0.05) is 18.7 Å². The van der Waals surface area contributed by atoms with Crippen molar-refractivity contribution in [3.63, 3.8) is 0 Å². The van der Waals surface area contributed by atoms with E-state index in [9.17, 15) is 4.79 Å². The molecule has 1 N–H and O–H groups in total. The molecule has 138 valence electrons. The van der Waals surface area contributed by atoms with Crippen LogP contribution in [0, 0.1) is 0 Å². The van der Waals surface area contributed by atoms with E-state index in [-0.39, 0.29) is 11.6 Å². The first-order valence-electron chi connectivity index (χ1n) is 8.75. The number of benzene rings is 2. The molecule has 0 aliphatic carbocycles. The van der Waals surface area contributed by atoms with Gasteiger partial charge in [-0.2, -0.15) is 0 Å². The molecule has 0 radical (unpaired) electrons. The van der Waals surface area contributed by atoms with Crippen molar-refractivity contribution in [2.75, 3.05) is 7.11 Å². The van der Waals surface area contributed by atoms with Gasteiger partial charge in [0.1, 0.15) is 11.3 Å². The molecule has 2 aromatic heterocycles. The normalized spacial score (nSPS) is 12.5. The summed E-state index contributed by atoms with van der Waals surface area (Å²) in [5.74, 6) is 1.33. The molecule has 0 saturated carbocycles. The Morgan fingerprint density at radius 1 is 1.22 bits per heavy atom. The predicted molar refractivity (Wildman–Crippen MR) is 103 cm³/mol. The fourth-order valence-corrected chi connectivity index (χ4v) is 3.01. The maximum atomic E-state index is 12.6. The van der Waals surface area contributed by atoms with Crippen LogP contribution in [-0.2, 0) is 13.1 Å². The van der Waals surface area contributed by atoms with E-state index in [2.05, 4.69) is 15.3 Å². The van der Waals surface area contributed by atoms with Crippen molar-refractivity contribution in [3.8, 4) is 5.75 Å². The lowest BCUT2D eigenvalue weighted by atomic mass is 10.2. The highest BCUT2D eigenvalue weighted by molar-refractivity contribution is 5.77. The Kier molecular flexibility index (Phi) is 4.60. The van der Waals surface area contributed by atoms with Gasteiger partial charge in [-0.1, -0.05) is 12.1 Å². The number of aromatic nitrogens is 3. The van der Waals surface area contributed by atoms with E-state index in [1.165, 1.54) is 0 Å². The fourth-order valence-electron chi connectivity index (χ4n) is 3.01. The highest BCUT2D eigenvalue weighted by Crippen LogP contribution is 2.21. The molecule has 0 unspecified atom stereocenters. The van der Waals surface area contributed by atoms with E-state index < -0.39 is 0 Å². The van der Waals surface area contributed by atoms with Crippen LogP contribution in [0.3, 0.4) is 0 Å². The second-order valence-electron chi connectivity index (χ2n) is 6.44. The van der Waals surface area contributed by atoms with Gasteiger partial charge in [-0.25, -0.2) is 9.97 Å². The SMILES string of the molecule is COc1ccc2oc(CN[C@H](C)Cn3cnc4ccccc4c3=O)nc2c1. The topological polar surface area (TPSA) is 82.2 Å². The Balaban J connectivity index is 1.45. The van der Waals surface area contributed by atoms with Gasteiger partial charge in [0.15, 0.2) is 5.58 Å². The van der Waals surface area contributed by atoms with E-state index in [4.69, 9.17) is 9.15 Å². The van der Waals surface area contributed by atoms with Crippen molar-refractivity contribution in [2.24, 2.45) is 0 Å². The Labute approximate surface area is 155 Å². The van der Waals surface area contributed by atoms with Crippen molar-refractivity contribution >= 4 is 22.0 Å². The Bertz CT molecular complexity index is 1150. The van der Waals surface area contributed by atoms with Crippen LogP contribution in [0.1, 0.15) is 12.8 Å². The minimum Gasteiger partial charge on any atom is -0.497 e. The highest BCUT2D eigenvalue weighted by atomic mass is 16.5. The summed E-state index contributed by atoms with van der Waals surface area (Å²) < 4.78 is 12.6. The van der Waals surface area contributed by atoms with Crippen LogP contribution in [0.4, 0.5) is 0 Å². The number of oxazole rings is 1. The van der Waals surface area contributed by atoms with Crippen LogP contribution in [0.5, 0.6) is 5.75 Å². The molecule has 7 heteroatoms. The summed E-state index contributed by atoms with van der Waals surface area (Å²) in [6.07, 6.45) is 1.59. The van der Waals surface area contributed by atoms with E-state index in [1.807, 2.05) is 43.3 Å². The zero-order valence-corrected chi connectivity index (χ0v) is 15.2. The molecule has 2 aromatic carbocycles. The summed E-state index contributed by atoms with van der Waals surface area (Å²) in [5.41, 5.74) is 2.15. The number of nitrogens with zero attached hydrogens (tertiary/aromatic N) is 3. The molecule has 0 aliphatic heterocycles. The molecule has 0 bridgehead atoms. The van der Waals surface area contributed by atoms with Crippen LogP contribution < -0.4 is 15.6 Å². The molecule has 4 aromatic rings. The number of rotatable bonds is 6. The zero-order chi connectivity index (χ0) is 18.8. The Hall–Kier alpha value is -3.19. The second-order valence-corrected chi connectivity index (χ2v) is 6.44. The van der Waals surface area contributed by atoms with Gasteiger partial charge in [-0.3, -0.25) is 9.36 Å². The molecule has 0 fully saturated rings. The average molecular weight is 364 g/mol. The number of methoxy groups -OCH3 is 1. The highest BCUT2D eigenvalue weighted by Gasteiger charge is 2.11. The zero-order valence-electron chi connectivity index (χ0n) is 15.2. The van der Waals surface area contributed by atoms with E-state index in [0.29, 0.717) is 29.9 Å². The Morgan fingerprint density at radius 2 is 2.07 bits per heavy atom. The third kappa shape index (κ3) is 3.54. The largest absolute Gasteiger partial charge is 0.497 e. The number of hydrogen-bond donors (Lipinski definition) is 1. The van der Waals surface area contributed by atoms with E-state index in [0.717, 1.165) is 16.8 Å². The third-order valence-electron chi connectivity index (χ3n) is 4.44. The molecule has 0 spiro atoms. The van der Waals surface area contributed by atoms with Crippen molar-refractivity contribution in [2.45, 2.75) is 26.1 Å². The molecule has 2 heterocycles. The molecule has 27 heavy (non-hydrogen) atoms. The van der Waals surface area contributed by atoms with Crippen LogP contribution >= 0.6 is 0 Å². The number of ether oxygens (including phenoxy) is 1. The molecule has 0 aliphatic rings. The van der Waals surface area contributed by atoms with Crippen molar-refractivity contribution < 1.29 is 9.15 Å². The van der Waals surface area contributed by atoms with Gasteiger partial charge >= 0.3 is 0 Å². The quantitative estimate of drug-likeness (QED) is 0.566. The first-order valence-corrected chi connectivity index (χ1v) is 8.75. The second kappa shape index (κ2) is 7.20. The van der Waals surface area contributed by atoms with E-state index >= 15 is 0 Å². The standard InChI is InChI=1S/C20H20N4O3/c1-13(11-24-12-22-16-6-4-3-5-15(16)20(24)25)21-10-19-23-17-9-14(26-2)7-8-18(17)27-19/h3-9,12-13,21H,10-11H2,1-2H3/t13-/m1/s1. The van der Waals surface area contributed by atoms with Crippen molar-refractivity contribution in [3.05, 3.63) is 65.0 Å². The van der Waals surface area contributed by atoms with Gasteiger partial charge < -0.3 is 14.5 Å².